The first-order valence-corrected chi connectivity index (χ1v) is 9.11. The van der Waals surface area contributed by atoms with Gasteiger partial charge in [0.05, 0.1) is 10.7 Å². The van der Waals surface area contributed by atoms with Crippen molar-refractivity contribution in [1.82, 2.24) is 20.1 Å². The first-order chi connectivity index (χ1) is 12.0. The van der Waals surface area contributed by atoms with Crippen LogP contribution in [0.3, 0.4) is 0 Å². The molecule has 1 saturated carbocycles. The molecule has 1 aliphatic carbocycles. The summed E-state index contributed by atoms with van der Waals surface area (Å²) in [4.78, 5) is 17.0. The summed E-state index contributed by atoms with van der Waals surface area (Å²) in [5, 5.41) is 8.03. The normalized spacial score (nSPS) is 19.9. The van der Waals surface area contributed by atoms with E-state index in [0.717, 1.165) is 31.4 Å². The molecule has 0 saturated heterocycles. The van der Waals surface area contributed by atoms with Crippen LogP contribution in [0.5, 0.6) is 0 Å². The molecule has 0 aliphatic heterocycles. The molecule has 0 bridgehead atoms. The predicted octanol–water partition coefficient (Wildman–Crippen LogP) is 3.47. The third-order valence-electron chi connectivity index (χ3n) is 4.54. The topological polar surface area (TPSA) is 85.8 Å². The lowest BCUT2D eigenvalue weighted by molar-refractivity contribution is 0.0915. The lowest BCUT2D eigenvalue weighted by Gasteiger charge is -2.26. The summed E-state index contributed by atoms with van der Waals surface area (Å²) in [5.74, 6) is 0.758. The lowest BCUT2D eigenvalue weighted by atomic mass is 9.92. The Balaban J connectivity index is 0.00000243. The molecule has 1 aromatic heterocycles. The Morgan fingerprint density at radius 2 is 1.92 bits per heavy atom. The number of carbonyl (C=O) groups excluding carboxylic acids is 1. The van der Waals surface area contributed by atoms with E-state index in [0.29, 0.717) is 10.8 Å². The van der Waals surface area contributed by atoms with Crippen molar-refractivity contribution in [2.45, 2.75) is 57.5 Å². The van der Waals surface area contributed by atoms with Gasteiger partial charge in [0.2, 0.25) is 5.82 Å². The summed E-state index contributed by atoms with van der Waals surface area (Å²) in [6.07, 6.45) is 3.66. The van der Waals surface area contributed by atoms with Gasteiger partial charge in [-0.2, -0.15) is 0 Å². The van der Waals surface area contributed by atoms with Crippen molar-refractivity contribution >= 4 is 29.9 Å². The van der Waals surface area contributed by atoms with E-state index in [2.05, 4.69) is 15.4 Å². The number of amides is 1. The number of carbonyl (C=O) groups is 1. The molecule has 142 valence electrons. The Morgan fingerprint density at radius 1 is 1.27 bits per heavy atom. The van der Waals surface area contributed by atoms with E-state index in [4.69, 9.17) is 17.3 Å². The van der Waals surface area contributed by atoms with Gasteiger partial charge in [0, 0.05) is 18.0 Å². The van der Waals surface area contributed by atoms with Gasteiger partial charge in [-0.05, 0) is 37.8 Å². The average Bonchev–Trinajstić information content (AvgIpc) is 3.03. The molecule has 2 aromatic rings. The average molecular weight is 398 g/mol. The Labute approximate surface area is 164 Å². The van der Waals surface area contributed by atoms with Crippen LogP contribution < -0.4 is 11.1 Å². The highest BCUT2D eigenvalue weighted by Gasteiger charge is 2.24. The van der Waals surface area contributed by atoms with Gasteiger partial charge in [0.15, 0.2) is 0 Å². The Morgan fingerprint density at radius 3 is 2.54 bits per heavy atom. The van der Waals surface area contributed by atoms with Crippen molar-refractivity contribution in [2.75, 3.05) is 0 Å². The first kappa shape index (κ1) is 20.7. The molecule has 0 atom stereocenters. The molecule has 3 N–H and O–H groups in total. The van der Waals surface area contributed by atoms with Gasteiger partial charge in [-0.25, -0.2) is 9.67 Å². The van der Waals surface area contributed by atoms with Crippen LogP contribution in [0.1, 0.15) is 61.9 Å². The fraction of sp³-hybridized carbons (Fsp3) is 0.500. The van der Waals surface area contributed by atoms with Crippen molar-refractivity contribution < 1.29 is 4.79 Å². The number of halogens is 2. The SMILES string of the molecule is CC(C)c1nc(C(=O)NC2CCC(N)CC2)nn1-c1ccccc1Cl.Cl. The zero-order chi connectivity index (χ0) is 18.0. The molecule has 1 aromatic carbocycles. The summed E-state index contributed by atoms with van der Waals surface area (Å²) in [6.45, 7) is 4.03. The van der Waals surface area contributed by atoms with Crippen molar-refractivity contribution in [3.63, 3.8) is 0 Å². The lowest BCUT2D eigenvalue weighted by Crippen LogP contribution is -2.40. The predicted molar refractivity (Wildman–Crippen MR) is 105 cm³/mol. The number of para-hydroxylation sites is 1. The van der Waals surface area contributed by atoms with Gasteiger partial charge >= 0.3 is 0 Å². The number of nitrogens with two attached hydrogens (primary N) is 1. The minimum atomic E-state index is -0.242. The van der Waals surface area contributed by atoms with Crippen LogP contribution in [0.4, 0.5) is 0 Å². The monoisotopic (exact) mass is 397 g/mol. The molecule has 1 heterocycles. The number of benzene rings is 1. The molecule has 1 aliphatic rings. The van der Waals surface area contributed by atoms with Crippen molar-refractivity contribution in [3.8, 4) is 5.69 Å². The molecule has 6 nitrogen and oxygen atoms in total. The minimum absolute atomic E-state index is 0. The summed E-state index contributed by atoms with van der Waals surface area (Å²) in [6, 6.07) is 7.80. The van der Waals surface area contributed by atoms with Crippen LogP contribution in [0.2, 0.25) is 5.02 Å². The number of nitrogens with zero attached hydrogens (tertiary/aromatic N) is 3. The summed E-state index contributed by atoms with van der Waals surface area (Å²) >= 11 is 6.29. The van der Waals surface area contributed by atoms with Gasteiger partial charge in [-0.3, -0.25) is 4.79 Å². The second-order valence-electron chi connectivity index (χ2n) is 6.90. The van der Waals surface area contributed by atoms with Crippen molar-refractivity contribution in [3.05, 3.63) is 40.9 Å². The molecule has 0 spiro atoms. The van der Waals surface area contributed by atoms with Crippen molar-refractivity contribution in [2.24, 2.45) is 5.73 Å². The fourth-order valence-corrected chi connectivity index (χ4v) is 3.32. The van der Waals surface area contributed by atoms with Crippen LogP contribution in [-0.4, -0.2) is 32.8 Å². The zero-order valence-corrected chi connectivity index (χ0v) is 16.6. The van der Waals surface area contributed by atoms with E-state index in [1.807, 2.05) is 32.0 Å². The van der Waals surface area contributed by atoms with E-state index in [1.165, 1.54) is 0 Å². The van der Waals surface area contributed by atoms with Gasteiger partial charge in [0.1, 0.15) is 5.82 Å². The van der Waals surface area contributed by atoms with Crippen LogP contribution >= 0.6 is 24.0 Å². The van der Waals surface area contributed by atoms with E-state index in [1.54, 1.807) is 10.7 Å². The number of hydrogen-bond acceptors (Lipinski definition) is 4. The maximum absolute atomic E-state index is 12.6. The highest BCUT2D eigenvalue weighted by molar-refractivity contribution is 6.32. The minimum Gasteiger partial charge on any atom is -0.347 e. The maximum Gasteiger partial charge on any atom is 0.291 e. The smallest absolute Gasteiger partial charge is 0.291 e. The van der Waals surface area contributed by atoms with Gasteiger partial charge in [-0.1, -0.05) is 37.6 Å². The van der Waals surface area contributed by atoms with E-state index < -0.39 is 0 Å². The number of nitrogens with one attached hydrogen (secondary N) is 1. The van der Waals surface area contributed by atoms with Crippen LogP contribution in [0.25, 0.3) is 5.69 Å². The molecule has 0 unspecified atom stereocenters. The summed E-state index contributed by atoms with van der Waals surface area (Å²) < 4.78 is 1.67. The van der Waals surface area contributed by atoms with Gasteiger partial charge in [0.25, 0.3) is 5.91 Å². The third-order valence-corrected chi connectivity index (χ3v) is 4.86. The molecule has 3 rings (SSSR count). The Hall–Kier alpha value is -1.63. The molecular formula is C18H25Cl2N5O. The van der Waals surface area contributed by atoms with E-state index in [9.17, 15) is 4.79 Å². The third kappa shape index (κ3) is 4.55. The van der Waals surface area contributed by atoms with Crippen LogP contribution in [0, 0.1) is 0 Å². The molecule has 1 amide bonds. The fourth-order valence-electron chi connectivity index (χ4n) is 3.11. The highest BCUT2D eigenvalue weighted by Crippen LogP contribution is 2.24. The largest absolute Gasteiger partial charge is 0.347 e. The number of rotatable bonds is 4. The van der Waals surface area contributed by atoms with E-state index >= 15 is 0 Å². The quantitative estimate of drug-likeness (QED) is 0.826. The molecule has 26 heavy (non-hydrogen) atoms. The zero-order valence-electron chi connectivity index (χ0n) is 15.0. The molecular weight excluding hydrogens is 373 g/mol. The van der Waals surface area contributed by atoms with E-state index in [-0.39, 0.29) is 42.1 Å². The van der Waals surface area contributed by atoms with Crippen LogP contribution in [-0.2, 0) is 0 Å². The second kappa shape index (κ2) is 8.84. The molecule has 1 fully saturated rings. The van der Waals surface area contributed by atoms with Gasteiger partial charge in [-0.15, -0.1) is 17.5 Å². The standard InChI is InChI=1S/C18H24ClN5O.ClH/c1-11(2)17-22-16(18(25)21-13-9-7-12(20)8-10-13)23-24(17)15-6-4-3-5-14(15)19;/h3-6,11-13H,7-10,20H2,1-2H3,(H,21,25);1H. The van der Waals surface area contributed by atoms with Gasteiger partial charge < -0.3 is 11.1 Å². The Bertz CT molecular complexity index is 754. The summed E-state index contributed by atoms with van der Waals surface area (Å²) in [7, 11) is 0. The first-order valence-electron chi connectivity index (χ1n) is 8.74. The Kier molecular flexibility index (Phi) is 7.03. The summed E-state index contributed by atoms with van der Waals surface area (Å²) in [5.41, 5.74) is 6.65. The van der Waals surface area contributed by atoms with Crippen molar-refractivity contribution in [1.29, 1.82) is 0 Å². The maximum atomic E-state index is 12.6. The highest BCUT2D eigenvalue weighted by atomic mass is 35.5. The number of hydrogen-bond donors (Lipinski definition) is 2. The number of aromatic nitrogens is 3. The van der Waals surface area contributed by atoms with Crippen LogP contribution in [0.15, 0.2) is 24.3 Å². The molecule has 0 radical (unpaired) electrons. The second-order valence-corrected chi connectivity index (χ2v) is 7.30. The molecule has 8 heteroatoms.